The van der Waals surface area contributed by atoms with Gasteiger partial charge in [-0.05, 0) is 11.5 Å². The first-order chi connectivity index (χ1) is 11.2. The molecule has 0 saturated carbocycles. The van der Waals surface area contributed by atoms with Crippen LogP contribution in [0.4, 0.5) is 0 Å². The van der Waals surface area contributed by atoms with Crippen LogP contribution in [-0.2, 0) is 26.2 Å². The van der Waals surface area contributed by atoms with E-state index in [1.807, 2.05) is 26.0 Å². The monoisotopic (exact) mass is 501 g/mol. The maximum atomic E-state index is 10.8. The summed E-state index contributed by atoms with van der Waals surface area (Å²) in [6.07, 6.45) is 3.36. The Hall–Kier alpha value is -0.150. The van der Waals surface area contributed by atoms with Crippen molar-refractivity contribution in [3.8, 4) is 0 Å². The quantitative estimate of drug-likeness (QED) is 0.429. The maximum Gasteiger partial charge on any atom is 4.00 e. The predicted molar refractivity (Wildman–Crippen MR) is 107 cm³/mol. The van der Waals surface area contributed by atoms with Gasteiger partial charge in [0.05, 0.1) is 5.91 Å². The summed E-state index contributed by atoms with van der Waals surface area (Å²) in [5.41, 5.74) is 12.7. The molecule has 2 nitrogen and oxygen atoms in total. The summed E-state index contributed by atoms with van der Waals surface area (Å²) in [5, 5.41) is 0. The second kappa shape index (κ2) is 17.9. The zero-order valence-corrected chi connectivity index (χ0v) is 22.6. The van der Waals surface area contributed by atoms with E-state index < -0.39 is 5.91 Å². The third-order valence-electron chi connectivity index (χ3n) is 4.06. The van der Waals surface area contributed by atoms with Crippen LogP contribution >= 0.6 is 0 Å². The molecule has 148 valence electrons. The van der Waals surface area contributed by atoms with Gasteiger partial charge in [0, 0.05) is 15.1 Å². The number of hydrogen-bond acceptors (Lipinski definition) is 1. The van der Waals surface area contributed by atoms with E-state index in [9.17, 15) is 4.79 Å². The average Bonchev–Trinajstić information content (AvgIpc) is 2.75. The molecule has 0 heterocycles. The molecular formula is C21H31Cl2NOSiZr. The predicted octanol–water partition coefficient (Wildman–Crippen LogP) is 0.517. The molecule has 1 atom stereocenters. The third-order valence-corrected chi connectivity index (χ3v) is 4.06. The Balaban J connectivity index is -0.000000159. The Morgan fingerprint density at radius 1 is 1.11 bits per heavy atom. The summed E-state index contributed by atoms with van der Waals surface area (Å²) < 4.78 is 0. The zero-order chi connectivity index (χ0) is 18.9. The SMILES string of the molecule is CC(C)c1ccccc1C([NH-])=O.CC1=[C-]C(C)C(C)=C1C.C[Si]C.[Cl-].[Cl-].[Zr+4]. The number of nitrogens with one attached hydrogen (secondary N) is 1. The van der Waals surface area contributed by atoms with Crippen molar-refractivity contribution in [2.24, 2.45) is 5.92 Å². The summed E-state index contributed by atoms with van der Waals surface area (Å²) >= 11 is 0. The summed E-state index contributed by atoms with van der Waals surface area (Å²) in [6, 6.07) is 7.27. The van der Waals surface area contributed by atoms with Crippen molar-refractivity contribution in [3.63, 3.8) is 0 Å². The van der Waals surface area contributed by atoms with E-state index in [0.717, 1.165) is 15.1 Å². The molecule has 0 saturated heterocycles. The summed E-state index contributed by atoms with van der Waals surface area (Å²) in [4.78, 5) is 10.8. The van der Waals surface area contributed by atoms with Crippen LogP contribution in [0.5, 0.6) is 0 Å². The normalized spacial score (nSPS) is 14.3. The molecule has 1 N–H and O–H groups in total. The second-order valence-corrected chi connectivity index (χ2v) is 7.37. The van der Waals surface area contributed by atoms with Gasteiger partial charge < -0.3 is 35.3 Å². The van der Waals surface area contributed by atoms with Crippen molar-refractivity contribution in [1.29, 1.82) is 0 Å². The van der Waals surface area contributed by atoms with Gasteiger partial charge in [-0.15, -0.1) is 6.92 Å². The van der Waals surface area contributed by atoms with E-state index in [2.05, 4.69) is 46.9 Å². The van der Waals surface area contributed by atoms with Crippen molar-refractivity contribution in [1.82, 2.24) is 0 Å². The van der Waals surface area contributed by atoms with Crippen LogP contribution in [0.3, 0.4) is 0 Å². The minimum absolute atomic E-state index is 0. The minimum Gasteiger partial charge on any atom is -1.00 e. The molecular weight excluding hydrogens is 472 g/mol. The Morgan fingerprint density at radius 2 is 1.56 bits per heavy atom. The molecule has 2 radical (unpaired) electrons. The third kappa shape index (κ3) is 12.1. The van der Waals surface area contributed by atoms with Crippen LogP contribution in [0, 0.1) is 12.0 Å². The molecule has 0 bridgehead atoms. The zero-order valence-electron chi connectivity index (χ0n) is 17.6. The fraction of sp³-hybridized carbons (Fsp3) is 0.476. The molecule has 2 rings (SSSR count). The number of allylic oxidation sites excluding steroid dienone is 4. The van der Waals surface area contributed by atoms with Crippen molar-refractivity contribution in [3.05, 3.63) is 63.9 Å². The molecule has 0 fully saturated rings. The molecule has 0 aromatic heterocycles. The molecule has 27 heavy (non-hydrogen) atoms. The van der Waals surface area contributed by atoms with Crippen LogP contribution in [-0.4, -0.2) is 15.4 Å². The van der Waals surface area contributed by atoms with Gasteiger partial charge in [-0.3, -0.25) is 6.08 Å². The van der Waals surface area contributed by atoms with Crippen molar-refractivity contribution >= 4 is 15.4 Å². The number of carbonyl (C=O) groups is 1. The van der Waals surface area contributed by atoms with Gasteiger partial charge in [0.2, 0.25) is 0 Å². The summed E-state index contributed by atoms with van der Waals surface area (Å²) in [5.74, 6) is 0.264. The van der Waals surface area contributed by atoms with Gasteiger partial charge in [0.15, 0.2) is 0 Å². The van der Waals surface area contributed by atoms with Gasteiger partial charge in [-0.25, -0.2) is 5.57 Å². The number of benzene rings is 1. The Morgan fingerprint density at radius 3 is 1.78 bits per heavy atom. The maximum absolute atomic E-state index is 10.8. The van der Waals surface area contributed by atoms with E-state index in [4.69, 9.17) is 5.73 Å². The Bertz CT molecular complexity index is 616. The molecule has 0 aliphatic heterocycles. The van der Waals surface area contributed by atoms with E-state index in [0.29, 0.717) is 17.4 Å². The van der Waals surface area contributed by atoms with Crippen LogP contribution in [0.15, 0.2) is 41.0 Å². The van der Waals surface area contributed by atoms with Crippen LogP contribution < -0.4 is 24.8 Å². The standard InChI is InChI=1S/C10H13NO.C9H13.C2H6Si.2ClH.Zr/c1-7(2)8-5-3-4-6-9(8)10(11)12;1-6-5-7(2)9(4)8(6)3;1-3-2;;;/h3-7H,1-2H3,(H2,11,12);6H,1-4H3;1-2H3;2*1H;/q;-1;;;;+4/p-3. The molecule has 1 aromatic rings. The van der Waals surface area contributed by atoms with Crippen LogP contribution in [0.2, 0.25) is 13.1 Å². The average molecular weight is 504 g/mol. The number of amides is 1. The van der Waals surface area contributed by atoms with E-state index in [1.165, 1.54) is 16.7 Å². The Kier molecular flexibility index (Phi) is 22.8. The van der Waals surface area contributed by atoms with E-state index in [1.54, 1.807) is 12.1 Å². The van der Waals surface area contributed by atoms with Crippen molar-refractivity contribution in [2.75, 3.05) is 0 Å². The summed E-state index contributed by atoms with van der Waals surface area (Å²) in [6.45, 7) is 17.0. The largest absolute Gasteiger partial charge is 4.00 e. The van der Waals surface area contributed by atoms with Gasteiger partial charge in [0.25, 0.3) is 0 Å². The fourth-order valence-electron chi connectivity index (χ4n) is 2.37. The first kappa shape index (κ1) is 34.4. The van der Waals surface area contributed by atoms with Gasteiger partial charge in [-0.1, -0.05) is 77.9 Å². The topological polar surface area (TPSA) is 40.9 Å². The van der Waals surface area contributed by atoms with Crippen molar-refractivity contribution < 1.29 is 55.8 Å². The molecule has 6 heteroatoms. The summed E-state index contributed by atoms with van der Waals surface area (Å²) in [7, 11) is 1.08. The molecule has 1 unspecified atom stereocenters. The molecule has 1 aromatic carbocycles. The Labute approximate surface area is 200 Å². The smallest absolute Gasteiger partial charge is 1.00 e. The van der Waals surface area contributed by atoms with Crippen LogP contribution in [0.1, 0.15) is 63.4 Å². The number of carbonyl (C=O) groups excluding carboxylic acids is 1. The van der Waals surface area contributed by atoms with Gasteiger partial charge in [-0.2, -0.15) is 11.1 Å². The number of rotatable bonds is 2. The first-order valence-corrected chi connectivity index (χ1v) is 10.4. The van der Waals surface area contributed by atoms with Crippen molar-refractivity contribution in [2.45, 2.75) is 60.6 Å². The first-order valence-electron chi connectivity index (χ1n) is 8.38. The van der Waals surface area contributed by atoms with Gasteiger partial charge in [0.1, 0.15) is 0 Å². The molecule has 0 spiro atoms. The van der Waals surface area contributed by atoms with Crippen LogP contribution in [0.25, 0.3) is 5.73 Å². The number of hydrogen-bond donors (Lipinski definition) is 0. The number of halogens is 2. The molecule has 1 aliphatic carbocycles. The van der Waals surface area contributed by atoms with Gasteiger partial charge >= 0.3 is 26.2 Å². The minimum atomic E-state index is -0.598. The van der Waals surface area contributed by atoms with E-state index in [-0.39, 0.29) is 51.0 Å². The van der Waals surface area contributed by atoms with E-state index >= 15 is 0 Å². The second-order valence-electron chi connectivity index (χ2n) is 6.37. The molecule has 1 aliphatic rings. The molecule has 1 amide bonds. The fourth-order valence-corrected chi connectivity index (χ4v) is 2.37.